The largest absolute Gasteiger partial charge is 0.484 e. The molecule has 0 aliphatic rings. The first-order chi connectivity index (χ1) is 12.4. The molecular formula is C19H20Cl2FNO2S. The lowest BCUT2D eigenvalue weighted by molar-refractivity contribution is -0.122. The first-order valence-electron chi connectivity index (χ1n) is 8.05. The van der Waals surface area contributed by atoms with Gasteiger partial charge in [-0.15, -0.1) is 0 Å². The van der Waals surface area contributed by atoms with Gasteiger partial charge >= 0.3 is 0 Å². The van der Waals surface area contributed by atoms with Crippen LogP contribution in [0.15, 0.2) is 30.3 Å². The van der Waals surface area contributed by atoms with E-state index in [2.05, 4.69) is 5.32 Å². The Morgan fingerprint density at radius 3 is 2.58 bits per heavy atom. The molecule has 0 heterocycles. The van der Waals surface area contributed by atoms with Gasteiger partial charge in [-0.1, -0.05) is 29.3 Å². The zero-order valence-electron chi connectivity index (χ0n) is 14.6. The molecule has 0 atom stereocenters. The van der Waals surface area contributed by atoms with E-state index < -0.39 is 0 Å². The highest BCUT2D eigenvalue weighted by molar-refractivity contribution is 7.98. The summed E-state index contributed by atoms with van der Waals surface area (Å²) >= 11 is 13.6. The van der Waals surface area contributed by atoms with Gasteiger partial charge in [0.05, 0.1) is 0 Å². The summed E-state index contributed by atoms with van der Waals surface area (Å²) in [7, 11) is 0. The predicted octanol–water partition coefficient (Wildman–Crippen LogP) is 5.18. The van der Waals surface area contributed by atoms with Crippen LogP contribution in [0, 0.1) is 19.7 Å². The highest BCUT2D eigenvalue weighted by Crippen LogP contribution is 2.26. The van der Waals surface area contributed by atoms with Gasteiger partial charge in [-0.3, -0.25) is 4.79 Å². The van der Waals surface area contributed by atoms with E-state index in [1.54, 1.807) is 24.3 Å². The molecule has 0 saturated heterocycles. The monoisotopic (exact) mass is 415 g/mol. The number of nitrogens with one attached hydrogen (secondary N) is 1. The number of hydrogen-bond donors (Lipinski definition) is 1. The molecule has 0 spiro atoms. The first kappa shape index (κ1) is 20.9. The van der Waals surface area contributed by atoms with Gasteiger partial charge in [-0.2, -0.15) is 11.8 Å². The highest BCUT2D eigenvalue weighted by Gasteiger charge is 2.08. The third-order valence-corrected chi connectivity index (χ3v) is 5.59. The van der Waals surface area contributed by atoms with Crippen molar-refractivity contribution in [2.75, 3.05) is 18.9 Å². The molecule has 0 aliphatic carbocycles. The van der Waals surface area contributed by atoms with Crippen molar-refractivity contribution < 1.29 is 13.9 Å². The molecule has 2 aromatic carbocycles. The number of amides is 1. The molecule has 0 aromatic heterocycles. The fourth-order valence-electron chi connectivity index (χ4n) is 2.30. The molecule has 1 amide bonds. The van der Waals surface area contributed by atoms with E-state index in [-0.39, 0.29) is 18.3 Å². The van der Waals surface area contributed by atoms with Gasteiger partial charge in [0.15, 0.2) is 6.61 Å². The van der Waals surface area contributed by atoms with Crippen LogP contribution < -0.4 is 10.1 Å². The maximum atomic E-state index is 13.6. The Balaban J connectivity index is 1.68. The van der Waals surface area contributed by atoms with Crippen molar-refractivity contribution in [1.82, 2.24) is 5.32 Å². The highest BCUT2D eigenvalue weighted by atomic mass is 35.5. The van der Waals surface area contributed by atoms with E-state index in [9.17, 15) is 9.18 Å². The molecular weight excluding hydrogens is 396 g/mol. The Kier molecular flexibility index (Phi) is 8.07. The summed E-state index contributed by atoms with van der Waals surface area (Å²) < 4.78 is 19.1. The van der Waals surface area contributed by atoms with Crippen molar-refractivity contribution in [3.63, 3.8) is 0 Å². The second kappa shape index (κ2) is 10.0. The smallest absolute Gasteiger partial charge is 0.257 e. The van der Waals surface area contributed by atoms with Crippen molar-refractivity contribution in [3.05, 3.63) is 62.9 Å². The average Bonchev–Trinajstić information content (AvgIpc) is 2.59. The van der Waals surface area contributed by atoms with E-state index in [1.807, 2.05) is 13.8 Å². The van der Waals surface area contributed by atoms with Crippen molar-refractivity contribution in [1.29, 1.82) is 0 Å². The van der Waals surface area contributed by atoms with Crippen LogP contribution in [0.4, 0.5) is 4.39 Å². The molecule has 0 bridgehead atoms. The van der Waals surface area contributed by atoms with Gasteiger partial charge in [0.2, 0.25) is 0 Å². The molecule has 140 valence electrons. The molecule has 2 aromatic rings. The molecule has 0 aliphatic heterocycles. The van der Waals surface area contributed by atoms with Gasteiger partial charge in [0, 0.05) is 33.7 Å². The van der Waals surface area contributed by atoms with E-state index in [0.717, 1.165) is 11.1 Å². The second-order valence-corrected chi connectivity index (χ2v) is 7.65. The van der Waals surface area contributed by atoms with Crippen molar-refractivity contribution >= 4 is 40.9 Å². The van der Waals surface area contributed by atoms with Crippen molar-refractivity contribution in [3.8, 4) is 5.75 Å². The fraction of sp³-hybridized carbons (Fsp3) is 0.316. The van der Waals surface area contributed by atoms with Gasteiger partial charge in [-0.25, -0.2) is 4.39 Å². The predicted molar refractivity (Wildman–Crippen MR) is 107 cm³/mol. The third-order valence-electron chi connectivity index (χ3n) is 3.66. The summed E-state index contributed by atoms with van der Waals surface area (Å²) in [6, 6.07) is 8.24. The normalized spacial score (nSPS) is 10.7. The molecule has 7 heteroatoms. The van der Waals surface area contributed by atoms with Crippen LogP contribution in [0.3, 0.4) is 0 Å². The topological polar surface area (TPSA) is 38.3 Å². The Morgan fingerprint density at radius 1 is 1.23 bits per heavy atom. The van der Waals surface area contributed by atoms with Crippen LogP contribution in [-0.2, 0) is 10.5 Å². The lowest BCUT2D eigenvalue weighted by atomic mass is 10.1. The molecule has 0 unspecified atom stereocenters. The molecule has 3 nitrogen and oxygen atoms in total. The van der Waals surface area contributed by atoms with E-state index in [0.29, 0.717) is 39.4 Å². The summed E-state index contributed by atoms with van der Waals surface area (Å²) in [5.74, 6) is 1.20. The van der Waals surface area contributed by atoms with Crippen LogP contribution >= 0.6 is 35.0 Å². The number of ether oxygens (including phenoxy) is 1. The van der Waals surface area contributed by atoms with E-state index >= 15 is 0 Å². The van der Waals surface area contributed by atoms with Gasteiger partial charge < -0.3 is 10.1 Å². The Bertz CT molecular complexity index is 743. The fourth-order valence-corrected chi connectivity index (χ4v) is 3.60. The standard InChI is InChI=1S/C19H20Cl2FNO2S/c1-12-8-14(9-13(2)19(12)21)25-10-18(24)23-6-7-26-11-15-16(20)4-3-5-17(15)22/h3-5,8-9H,6-7,10-11H2,1-2H3,(H,23,24). The van der Waals surface area contributed by atoms with Crippen LogP contribution in [-0.4, -0.2) is 24.8 Å². The number of benzene rings is 2. The molecule has 2 rings (SSSR count). The summed E-state index contributed by atoms with van der Waals surface area (Å²) in [4.78, 5) is 11.8. The maximum Gasteiger partial charge on any atom is 0.257 e. The van der Waals surface area contributed by atoms with Crippen molar-refractivity contribution in [2.24, 2.45) is 0 Å². The quantitative estimate of drug-likeness (QED) is 0.603. The Morgan fingerprint density at radius 2 is 1.92 bits per heavy atom. The number of rotatable bonds is 8. The summed E-state index contributed by atoms with van der Waals surface area (Å²) in [5, 5.41) is 3.89. The van der Waals surface area contributed by atoms with E-state index in [1.165, 1.54) is 17.8 Å². The van der Waals surface area contributed by atoms with Crippen molar-refractivity contribution in [2.45, 2.75) is 19.6 Å². The first-order valence-corrected chi connectivity index (χ1v) is 9.96. The maximum absolute atomic E-state index is 13.6. The molecule has 0 saturated carbocycles. The number of hydrogen-bond acceptors (Lipinski definition) is 3. The van der Waals surface area contributed by atoms with Crippen LogP contribution in [0.25, 0.3) is 0 Å². The SMILES string of the molecule is Cc1cc(OCC(=O)NCCSCc2c(F)cccc2Cl)cc(C)c1Cl. The Labute approximate surface area is 167 Å². The minimum Gasteiger partial charge on any atom is -0.484 e. The third kappa shape index (κ3) is 6.08. The zero-order valence-corrected chi connectivity index (χ0v) is 16.9. The second-order valence-electron chi connectivity index (χ2n) is 5.76. The summed E-state index contributed by atoms with van der Waals surface area (Å²) in [6.07, 6.45) is 0. The Hall–Kier alpha value is -1.43. The lowest BCUT2D eigenvalue weighted by Crippen LogP contribution is -2.30. The number of carbonyl (C=O) groups excluding carboxylic acids is 1. The van der Waals surface area contributed by atoms with Crippen LogP contribution in [0.2, 0.25) is 10.0 Å². The van der Waals surface area contributed by atoms with E-state index in [4.69, 9.17) is 27.9 Å². The molecule has 0 radical (unpaired) electrons. The van der Waals surface area contributed by atoms with Gasteiger partial charge in [-0.05, 0) is 49.2 Å². The number of thioether (sulfide) groups is 1. The number of halogens is 3. The lowest BCUT2D eigenvalue weighted by Gasteiger charge is -2.10. The summed E-state index contributed by atoms with van der Waals surface area (Å²) in [6.45, 7) is 4.19. The minimum absolute atomic E-state index is 0.0652. The molecule has 1 N–H and O–H groups in total. The number of aryl methyl sites for hydroxylation is 2. The summed E-state index contributed by atoms with van der Waals surface area (Å²) in [5.41, 5.74) is 2.30. The zero-order chi connectivity index (χ0) is 19.1. The van der Waals surface area contributed by atoms with Gasteiger partial charge in [0.1, 0.15) is 11.6 Å². The molecule has 0 fully saturated rings. The number of carbonyl (C=O) groups is 1. The molecule has 26 heavy (non-hydrogen) atoms. The van der Waals surface area contributed by atoms with Gasteiger partial charge in [0.25, 0.3) is 5.91 Å². The minimum atomic E-state index is -0.309. The average molecular weight is 416 g/mol. The van der Waals surface area contributed by atoms with Crippen LogP contribution in [0.1, 0.15) is 16.7 Å². The van der Waals surface area contributed by atoms with Crippen LogP contribution in [0.5, 0.6) is 5.75 Å².